The molecule has 0 unspecified atom stereocenters. The van der Waals surface area contributed by atoms with Crippen molar-refractivity contribution < 1.29 is 0 Å². The Bertz CT molecular complexity index is 1100. The molecule has 0 aliphatic heterocycles. The van der Waals surface area contributed by atoms with Crippen LogP contribution in [0.2, 0.25) is 0 Å². The van der Waals surface area contributed by atoms with Gasteiger partial charge in [0.25, 0.3) is 5.95 Å². The Hall–Kier alpha value is -4.62. The van der Waals surface area contributed by atoms with Crippen molar-refractivity contribution in [2.75, 3.05) is 46.0 Å². The van der Waals surface area contributed by atoms with Crippen LogP contribution in [-0.4, -0.2) is 53.0 Å². The van der Waals surface area contributed by atoms with Gasteiger partial charge in [-0.25, -0.2) is 0 Å². The van der Waals surface area contributed by atoms with E-state index < -0.39 is 0 Å². The van der Waals surface area contributed by atoms with Crippen molar-refractivity contribution in [3.8, 4) is 0 Å². The second-order valence-corrected chi connectivity index (χ2v) is 6.77. The van der Waals surface area contributed by atoms with Crippen molar-refractivity contribution in [1.29, 1.82) is 0 Å². The van der Waals surface area contributed by atoms with E-state index in [4.69, 9.17) is 17.2 Å². The molecule has 4 heterocycles. The minimum absolute atomic E-state index is 0.000932. The highest BCUT2D eigenvalue weighted by molar-refractivity contribution is 5.48. The van der Waals surface area contributed by atoms with E-state index in [1.54, 1.807) is 5.01 Å². The molecule has 0 radical (unpaired) electrons. The lowest BCUT2D eigenvalue weighted by Crippen LogP contribution is -2.35. The number of aromatic nitrogens is 8. The smallest absolute Gasteiger partial charge is 0.251 e. The zero-order chi connectivity index (χ0) is 22.3. The van der Waals surface area contributed by atoms with E-state index in [2.05, 4.69) is 50.6 Å². The molecule has 4 aromatic heterocycles. The molecular formula is C18H24N14. The number of aromatic amines is 2. The topological polar surface area (TPSA) is 214 Å². The van der Waals surface area contributed by atoms with Crippen LogP contribution in [0.25, 0.3) is 0 Å². The molecule has 0 saturated heterocycles. The van der Waals surface area contributed by atoms with Crippen molar-refractivity contribution in [2.24, 2.45) is 0 Å². The first-order chi connectivity index (χ1) is 15.5. The van der Waals surface area contributed by atoms with E-state index in [9.17, 15) is 0 Å². The minimum Gasteiger partial charge on any atom is -0.368 e. The van der Waals surface area contributed by atoms with Gasteiger partial charge in [-0.15, -0.1) is 0 Å². The number of hydrogen-bond donors (Lipinski definition) is 7. The Morgan fingerprint density at radius 1 is 0.750 bits per heavy atom. The molecule has 166 valence electrons. The van der Waals surface area contributed by atoms with Gasteiger partial charge in [-0.2, -0.15) is 29.9 Å². The summed E-state index contributed by atoms with van der Waals surface area (Å²) in [4.78, 5) is 31.1. The number of H-pyrrole nitrogens is 2. The Morgan fingerprint density at radius 3 is 2.03 bits per heavy atom. The number of nitrogens with one attached hydrogen (secondary N) is 4. The number of hydrazine groups is 1. The largest absolute Gasteiger partial charge is 0.368 e. The van der Waals surface area contributed by atoms with Gasteiger partial charge in [-0.1, -0.05) is 0 Å². The molecule has 0 aliphatic carbocycles. The maximum Gasteiger partial charge on any atom is 0.251 e. The number of nitrogens with two attached hydrogens (primary N) is 3. The van der Waals surface area contributed by atoms with Gasteiger partial charge in [-0.3, -0.25) is 10.4 Å². The first-order valence-electron chi connectivity index (χ1n) is 9.86. The number of rotatable bonds is 10. The fourth-order valence-electron chi connectivity index (χ4n) is 2.95. The van der Waals surface area contributed by atoms with E-state index in [-0.39, 0.29) is 29.7 Å². The molecular weight excluding hydrogens is 412 g/mol. The summed E-state index contributed by atoms with van der Waals surface area (Å²) >= 11 is 0. The highest BCUT2D eigenvalue weighted by atomic mass is 15.6. The molecule has 0 amide bonds. The van der Waals surface area contributed by atoms with E-state index in [0.29, 0.717) is 25.5 Å². The maximum absolute atomic E-state index is 5.89. The monoisotopic (exact) mass is 436 g/mol. The molecule has 0 aliphatic rings. The zero-order valence-corrected chi connectivity index (χ0v) is 17.2. The average Bonchev–Trinajstić information content (AvgIpc) is 3.44. The molecule has 0 bridgehead atoms. The summed E-state index contributed by atoms with van der Waals surface area (Å²) in [5.41, 5.74) is 22.6. The van der Waals surface area contributed by atoms with E-state index in [1.165, 1.54) is 0 Å². The third kappa shape index (κ3) is 5.50. The number of nitrogens with zero attached hydrogens (tertiary/aromatic N) is 7. The molecule has 4 rings (SSSR count). The molecule has 14 heteroatoms. The van der Waals surface area contributed by atoms with Gasteiger partial charge < -0.3 is 32.5 Å². The predicted molar refractivity (Wildman–Crippen MR) is 121 cm³/mol. The van der Waals surface area contributed by atoms with Crippen LogP contribution in [0.5, 0.6) is 0 Å². The first-order valence-corrected chi connectivity index (χ1v) is 9.86. The molecule has 0 spiro atoms. The van der Waals surface area contributed by atoms with Crippen LogP contribution in [0.3, 0.4) is 0 Å². The van der Waals surface area contributed by atoms with Crippen molar-refractivity contribution >= 4 is 35.7 Å². The maximum atomic E-state index is 5.89. The fraction of sp³-hybridized carbons (Fsp3) is 0.222. The number of anilines is 6. The van der Waals surface area contributed by atoms with Crippen LogP contribution in [0.1, 0.15) is 11.4 Å². The summed E-state index contributed by atoms with van der Waals surface area (Å²) in [6, 6.07) is 7.84. The fourth-order valence-corrected chi connectivity index (χ4v) is 2.95. The molecule has 14 nitrogen and oxygen atoms in total. The second-order valence-electron chi connectivity index (χ2n) is 6.77. The van der Waals surface area contributed by atoms with Crippen LogP contribution in [0.15, 0.2) is 36.7 Å². The lowest BCUT2D eigenvalue weighted by molar-refractivity contribution is 0.801. The van der Waals surface area contributed by atoms with Crippen LogP contribution in [0, 0.1) is 0 Å². The van der Waals surface area contributed by atoms with Crippen molar-refractivity contribution in [3.63, 3.8) is 0 Å². The molecule has 0 aromatic carbocycles. The third-order valence-electron chi connectivity index (χ3n) is 4.39. The van der Waals surface area contributed by atoms with E-state index >= 15 is 0 Å². The van der Waals surface area contributed by atoms with Crippen molar-refractivity contribution in [2.45, 2.75) is 12.8 Å². The SMILES string of the molecule is Nc1nc(NCCc2ccc[nH]2)nc(NN(CCc2ccc[nH]2)c2nc(N)nc(N)n2)n1. The van der Waals surface area contributed by atoms with Crippen molar-refractivity contribution in [3.05, 3.63) is 48.0 Å². The molecule has 0 atom stereocenters. The van der Waals surface area contributed by atoms with Crippen LogP contribution in [0.4, 0.5) is 35.7 Å². The summed E-state index contributed by atoms with van der Waals surface area (Å²) in [6.07, 6.45) is 5.14. The van der Waals surface area contributed by atoms with Crippen LogP contribution >= 0.6 is 0 Å². The molecule has 10 N–H and O–H groups in total. The summed E-state index contributed by atoms with van der Waals surface area (Å²) in [7, 11) is 0. The number of nitrogen functional groups attached to an aromatic ring is 3. The van der Waals surface area contributed by atoms with E-state index in [1.807, 2.05) is 36.7 Å². The summed E-state index contributed by atoms with van der Waals surface area (Å²) in [6.45, 7) is 1.06. The lowest BCUT2D eigenvalue weighted by atomic mass is 10.3. The number of hydrogen-bond acceptors (Lipinski definition) is 12. The molecule has 0 saturated carbocycles. The summed E-state index contributed by atoms with van der Waals surface area (Å²) in [5.74, 6) is 0.835. The summed E-state index contributed by atoms with van der Waals surface area (Å²) < 4.78 is 0. The van der Waals surface area contributed by atoms with Gasteiger partial charge in [0, 0.05) is 49.7 Å². The normalized spacial score (nSPS) is 10.8. The van der Waals surface area contributed by atoms with E-state index in [0.717, 1.165) is 17.8 Å². The first kappa shape index (κ1) is 20.6. The lowest BCUT2D eigenvalue weighted by Gasteiger charge is -2.23. The molecule has 32 heavy (non-hydrogen) atoms. The quantitative estimate of drug-likeness (QED) is 0.166. The van der Waals surface area contributed by atoms with Gasteiger partial charge in [-0.05, 0) is 24.3 Å². The highest BCUT2D eigenvalue weighted by Gasteiger charge is 2.15. The standard InChI is InChI=1S/C18H24N14/c19-13-25-14(20)29-18(28-13)32(10-6-12-4-2-8-23-12)31-17-27-15(21)26-16(30-17)24-9-5-11-3-1-7-22-11/h1-4,7-8,22-23H,5-6,9-10H2,(H4,19,20,25,28,29)(H4,21,24,26,27,30,31). The van der Waals surface area contributed by atoms with Gasteiger partial charge in [0.15, 0.2) is 0 Å². The average molecular weight is 436 g/mol. The van der Waals surface area contributed by atoms with Crippen molar-refractivity contribution in [1.82, 2.24) is 39.9 Å². The predicted octanol–water partition coefficient (Wildman–Crippen LogP) is 0.190. The Labute approximate surface area is 183 Å². The summed E-state index contributed by atoms with van der Waals surface area (Å²) in [5, 5.41) is 4.76. The Balaban J connectivity index is 1.50. The van der Waals surface area contributed by atoms with Crippen LogP contribution in [-0.2, 0) is 12.8 Å². The van der Waals surface area contributed by atoms with Gasteiger partial charge >= 0.3 is 0 Å². The van der Waals surface area contributed by atoms with Gasteiger partial charge in [0.1, 0.15) is 0 Å². The van der Waals surface area contributed by atoms with Crippen LogP contribution < -0.4 is 33.0 Å². The Kier molecular flexibility index (Phi) is 6.10. The third-order valence-corrected chi connectivity index (χ3v) is 4.39. The van der Waals surface area contributed by atoms with Gasteiger partial charge in [0.2, 0.25) is 29.7 Å². The molecule has 0 fully saturated rings. The highest BCUT2D eigenvalue weighted by Crippen LogP contribution is 2.14. The Morgan fingerprint density at radius 2 is 1.38 bits per heavy atom. The minimum atomic E-state index is 0.000932. The van der Waals surface area contributed by atoms with Gasteiger partial charge in [0.05, 0.1) is 0 Å². The molecule has 4 aromatic rings. The second kappa shape index (κ2) is 9.46. The zero-order valence-electron chi connectivity index (χ0n) is 17.2.